The fourth-order valence-electron chi connectivity index (χ4n) is 3.55. The second-order valence-electron chi connectivity index (χ2n) is 6.40. The topological polar surface area (TPSA) is 35.8 Å². The molecule has 2 heteroatoms. The van der Waals surface area contributed by atoms with Crippen molar-refractivity contribution in [2.24, 2.45) is 11.8 Å². The van der Waals surface area contributed by atoms with Crippen LogP contribution in [-0.2, 0) is 0 Å². The summed E-state index contributed by atoms with van der Waals surface area (Å²) in [5.41, 5.74) is -0.194. The van der Waals surface area contributed by atoms with E-state index in [1.807, 2.05) is 0 Å². The van der Waals surface area contributed by atoms with Gasteiger partial charge in [-0.15, -0.1) is 0 Å². The lowest BCUT2D eigenvalue weighted by molar-refractivity contribution is 0.188. The summed E-state index contributed by atoms with van der Waals surface area (Å²) in [5.74, 6) is 1.61. The van der Waals surface area contributed by atoms with Crippen LogP contribution in [0.15, 0.2) is 0 Å². The summed E-state index contributed by atoms with van der Waals surface area (Å²) in [6, 6.07) is 3.21. The molecule has 2 aliphatic rings. The van der Waals surface area contributed by atoms with Gasteiger partial charge >= 0.3 is 0 Å². The highest BCUT2D eigenvalue weighted by Crippen LogP contribution is 2.36. The maximum absolute atomic E-state index is 9.51. The second kappa shape index (κ2) is 5.40. The molecule has 0 amide bonds. The number of rotatable bonds is 3. The van der Waals surface area contributed by atoms with Crippen molar-refractivity contribution in [2.75, 3.05) is 0 Å². The highest BCUT2D eigenvalue weighted by Gasteiger charge is 2.38. The molecule has 0 heterocycles. The quantitative estimate of drug-likeness (QED) is 0.809. The molecule has 2 fully saturated rings. The Bertz CT molecular complexity index is 276. The first-order chi connectivity index (χ1) is 8.15. The van der Waals surface area contributed by atoms with Crippen LogP contribution in [0, 0.1) is 23.2 Å². The third-order valence-corrected chi connectivity index (χ3v) is 4.88. The molecule has 0 bridgehead atoms. The number of hydrogen-bond donors (Lipinski definition) is 1. The van der Waals surface area contributed by atoms with Gasteiger partial charge in [-0.3, -0.25) is 5.32 Å². The maximum atomic E-state index is 9.51. The molecule has 0 aromatic carbocycles. The van der Waals surface area contributed by atoms with Crippen molar-refractivity contribution in [3.8, 4) is 6.07 Å². The molecule has 1 N–H and O–H groups in total. The minimum atomic E-state index is -0.194. The van der Waals surface area contributed by atoms with E-state index >= 15 is 0 Å². The first-order valence-corrected chi connectivity index (χ1v) is 7.34. The molecule has 0 aliphatic heterocycles. The van der Waals surface area contributed by atoms with Gasteiger partial charge in [-0.1, -0.05) is 26.7 Å². The van der Waals surface area contributed by atoms with Crippen molar-refractivity contribution in [1.82, 2.24) is 5.32 Å². The largest absolute Gasteiger partial charge is 0.297 e. The Morgan fingerprint density at radius 2 is 1.71 bits per heavy atom. The molecule has 2 saturated carbocycles. The van der Waals surface area contributed by atoms with Gasteiger partial charge in [0.15, 0.2) is 0 Å². The summed E-state index contributed by atoms with van der Waals surface area (Å²) >= 11 is 0. The highest BCUT2D eigenvalue weighted by molar-refractivity contribution is 5.10. The van der Waals surface area contributed by atoms with E-state index < -0.39 is 0 Å². The first kappa shape index (κ1) is 12.9. The SMILES string of the molecule is CC(C)C1CCC(C#N)(NC2CCCC2)CC1. The molecule has 0 spiro atoms. The fraction of sp³-hybridized carbons (Fsp3) is 0.933. The molecule has 2 rings (SSSR count). The van der Waals surface area contributed by atoms with Crippen molar-refractivity contribution < 1.29 is 0 Å². The molecule has 0 atom stereocenters. The molecule has 2 aliphatic carbocycles. The number of nitriles is 1. The normalized spacial score (nSPS) is 35.1. The van der Waals surface area contributed by atoms with Crippen molar-refractivity contribution >= 4 is 0 Å². The van der Waals surface area contributed by atoms with Gasteiger partial charge in [0.25, 0.3) is 0 Å². The van der Waals surface area contributed by atoms with Gasteiger partial charge in [-0.2, -0.15) is 5.26 Å². The summed E-state index contributed by atoms with van der Waals surface area (Å²) < 4.78 is 0. The van der Waals surface area contributed by atoms with Gasteiger partial charge in [0, 0.05) is 6.04 Å². The van der Waals surface area contributed by atoms with E-state index in [1.54, 1.807) is 0 Å². The molecule has 0 unspecified atom stereocenters. The number of nitrogens with zero attached hydrogens (tertiary/aromatic N) is 1. The predicted octanol–water partition coefficient (Wildman–Crippen LogP) is 3.63. The standard InChI is InChI=1S/C15H26N2/c1-12(2)13-7-9-15(11-16,10-8-13)17-14-5-3-4-6-14/h12-14,17H,3-10H2,1-2H3. The van der Waals surface area contributed by atoms with Crippen LogP contribution in [-0.4, -0.2) is 11.6 Å². The zero-order valence-corrected chi connectivity index (χ0v) is 11.3. The molecule has 2 nitrogen and oxygen atoms in total. The summed E-state index contributed by atoms with van der Waals surface area (Å²) in [5, 5.41) is 13.2. The summed E-state index contributed by atoms with van der Waals surface area (Å²) in [6.45, 7) is 4.63. The first-order valence-electron chi connectivity index (χ1n) is 7.34. The Morgan fingerprint density at radius 3 is 2.18 bits per heavy atom. The van der Waals surface area contributed by atoms with E-state index in [0.29, 0.717) is 6.04 Å². The lowest BCUT2D eigenvalue weighted by Crippen LogP contribution is -2.51. The Kier molecular flexibility index (Phi) is 4.09. The van der Waals surface area contributed by atoms with Gasteiger partial charge in [-0.25, -0.2) is 0 Å². The van der Waals surface area contributed by atoms with Gasteiger partial charge in [-0.05, 0) is 50.4 Å². The van der Waals surface area contributed by atoms with Crippen LogP contribution in [0.4, 0.5) is 0 Å². The Morgan fingerprint density at radius 1 is 1.12 bits per heavy atom. The van der Waals surface area contributed by atoms with Crippen molar-refractivity contribution in [3.05, 3.63) is 0 Å². The van der Waals surface area contributed by atoms with Gasteiger partial charge in [0.1, 0.15) is 5.54 Å². The molecular weight excluding hydrogens is 208 g/mol. The van der Waals surface area contributed by atoms with Crippen LogP contribution in [0.25, 0.3) is 0 Å². The average Bonchev–Trinajstić information content (AvgIpc) is 2.82. The molecular formula is C15H26N2. The monoisotopic (exact) mass is 234 g/mol. The van der Waals surface area contributed by atoms with Crippen LogP contribution >= 0.6 is 0 Å². The third kappa shape index (κ3) is 3.01. The summed E-state index contributed by atoms with van der Waals surface area (Å²) in [6.07, 6.45) is 9.80. The van der Waals surface area contributed by atoms with Gasteiger partial charge in [0.05, 0.1) is 6.07 Å². The molecule has 96 valence electrons. The van der Waals surface area contributed by atoms with Crippen LogP contribution in [0.5, 0.6) is 0 Å². The molecule has 0 saturated heterocycles. The van der Waals surface area contributed by atoms with Gasteiger partial charge < -0.3 is 0 Å². The highest BCUT2D eigenvalue weighted by atomic mass is 15.0. The Labute approximate surface area is 106 Å². The minimum Gasteiger partial charge on any atom is -0.297 e. The summed E-state index contributed by atoms with van der Waals surface area (Å²) in [4.78, 5) is 0. The zero-order chi connectivity index (χ0) is 12.3. The number of nitrogens with one attached hydrogen (secondary N) is 1. The lowest BCUT2D eigenvalue weighted by atomic mass is 9.73. The fourth-order valence-corrected chi connectivity index (χ4v) is 3.55. The maximum Gasteiger partial charge on any atom is 0.107 e. The number of hydrogen-bond acceptors (Lipinski definition) is 2. The van der Waals surface area contributed by atoms with Crippen molar-refractivity contribution in [1.29, 1.82) is 5.26 Å². The van der Waals surface area contributed by atoms with E-state index in [9.17, 15) is 5.26 Å². The zero-order valence-electron chi connectivity index (χ0n) is 11.3. The molecule has 17 heavy (non-hydrogen) atoms. The van der Waals surface area contributed by atoms with Gasteiger partial charge in [0.2, 0.25) is 0 Å². The lowest BCUT2D eigenvalue weighted by Gasteiger charge is -2.39. The third-order valence-electron chi connectivity index (χ3n) is 4.88. The molecule has 0 aromatic heterocycles. The van der Waals surface area contributed by atoms with Crippen molar-refractivity contribution in [3.63, 3.8) is 0 Å². The van der Waals surface area contributed by atoms with Crippen LogP contribution in [0.3, 0.4) is 0 Å². The molecule has 0 radical (unpaired) electrons. The smallest absolute Gasteiger partial charge is 0.107 e. The van der Waals surface area contributed by atoms with E-state index in [-0.39, 0.29) is 5.54 Å². The Balaban J connectivity index is 1.91. The predicted molar refractivity (Wildman–Crippen MR) is 70.5 cm³/mol. The van der Waals surface area contributed by atoms with Crippen LogP contribution in [0.1, 0.15) is 65.2 Å². The Hall–Kier alpha value is -0.550. The van der Waals surface area contributed by atoms with E-state index in [0.717, 1.165) is 24.7 Å². The van der Waals surface area contributed by atoms with E-state index in [4.69, 9.17) is 0 Å². The van der Waals surface area contributed by atoms with E-state index in [1.165, 1.54) is 38.5 Å². The van der Waals surface area contributed by atoms with Crippen molar-refractivity contribution in [2.45, 2.75) is 76.8 Å². The summed E-state index contributed by atoms with van der Waals surface area (Å²) in [7, 11) is 0. The van der Waals surface area contributed by atoms with Crippen LogP contribution < -0.4 is 5.32 Å². The molecule has 0 aromatic rings. The average molecular weight is 234 g/mol. The second-order valence-corrected chi connectivity index (χ2v) is 6.40. The van der Waals surface area contributed by atoms with Crippen LogP contribution in [0.2, 0.25) is 0 Å². The van der Waals surface area contributed by atoms with E-state index in [2.05, 4.69) is 25.2 Å². The minimum absolute atomic E-state index is 0.194.